The lowest BCUT2D eigenvalue weighted by Gasteiger charge is -2.45. The van der Waals surface area contributed by atoms with Gasteiger partial charge < -0.3 is 4.74 Å². The summed E-state index contributed by atoms with van der Waals surface area (Å²) in [7, 11) is 0. The minimum Gasteiger partial charge on any atom is -0.375 e. The van der Waals surface area contributed by atoms with Crippen LogP contribution in [0.25, 0.3) is 0 Å². The van der Waals surface area contributed by atoms with Crippen molar-refractivity contribution in [1.29, 1.82) is 0 Å². The van der Waals surface area contributed by atoms with Gasteiger partial charge in [-0.05, 0) is 18.8 Å². The number of morpholine rings is 1. The Balaban J connectivity index is 1.91. The summed E-state index contributed by atoms with van der Waals surface area (Å²) in [6.07, 6.45) is 3.20. The first-order valence-electron chi connectivity index (χ1n) is 5.11. The molecule has 0 unspecified atom stereocenters. The SMILES string of the molecule is CC(C)CN1C[C@H]2CC[C@@H]1CO2. The molecule has 0 saturated carbocycles. The molecule has 0 aromatic rings. The van der Waals surface area contributed by atoms with Gasteiger partial charge in [-0.1, -0.05) is 13.8 Å². The van der Waals surface area contributed by atoms with Crippen molar-refractivity contribution in [3.05, 3.63) is 0 Å². The van der Waals surface area contributed by atoms with Crippen LogP contribution >= 0.6 is 0 Å². The third kappa shape index (κ3) is 1.64. The molecule has 3 aliphatic heterocycles. The zero-order chi connectivity index (χ0) is 8.55. The molecule has 0 aromatic heterocycles. The van der Waals surface area contributed by atoms with Crippen molar-refractivity contribution in [2.24, 2.45) is 5.92 Å². The van der Waals surface area contributed by atoms with Crippen molar-refractivity contribution in [3.8, 4) is 0 Å². The fourth-order valence-electron chi connectivity index (χ4n) is 2.33. The van der Waals surface area contributed by atoms with E-state index in [1.54, 1.807) is 0 Å². The van der Waals surface area contributed by atoms with Crippen LogP contribution in [0, 0.1) is 5.92 Å². The highest BCUT2D eigenvalue weighted by Gasteiger charge is 2.34. The van der Waals surface area contributed by atoms with Crippen molar-refractivity contribution >= 4 is 0 Å². The van der Waals surface area contributed by atoms with Crippen molar-refractivity contribution in [3.63, 3.8) is 0 Å². The molecule has 0 spiro atoms. The van der Waals surface area contributed by atoms with Gasteiger partial charge in [-0.3, -0.25) is 4.90 Å². The van der Waals surface area contributed by atoms with Gasteiger partial charge in [0.2, 0.25) is 0 Å². The Kier molecular flexibility index (Phi) is 2.37. The van der Waals surface area contributed by atoms with Crippen LogP contribution in [0.5, 0.6) is 0 Å². The van der Waals surface area contributed by atoms with Crippen LogP contribution in [0.3, 0.4) is 0 Å². The molecule has 0 amide bonds. The van der Waals surface area contributed by atoms with Gasteiger partial charge in [0.15, 0.2) is 0 Å². The summed E-state index contributed by atoms with van der Waals surface area (Å²) in [6, 6.07) is 0.734. The molecule has 3 fully saturated rings. The number of hydrogen-bond donors (Lipinski definition) is 0. The van der Waals surface area contributed by atoms with Crippen molar-refractivity contribution < 1.29 is 4.74 Å². The van der Waals surface area contributed by atoms with Crippen LogP contribution in [-0.4, -0.2) is 36.7 Å². The maximum absolute atomic E-state index is 5.65. The van der Waals surface area contributed by atoms with Crippen LogP contribution in [0.1, 0.15) is 26.7 Å². The Morgan fingerprint density at radius 3 is 2.67 bits per heavy atom. The van der Waals surface area contributed by atoms with E-state index in [0.29, 0.717) is 6.10 Å². The Bertz CT molecular complexity index is 148. The maximum Gasteiger partial charge on any atom is 0.0703 e. The molecule has 0 aliphatic carbocycles. The molecule has 0 aromatic carbocycles. The highest BCUT2D eigenvalue weighted by molar-refractivity contribution is 4.87. The Morgan fingerprint density at radius 1 is 1.42 bits per heavy atom. The standard InChI is InChI=1S/C10H19NO/c1-8(2)5-11-6-10-4-3-9(11)7-12-10/h8-10H,3-7H2,1-2H3/t9-,10-/m1/s1. The first kappa shape index (κ1) is 8.52. The predicted octanol–water partition coefficient (Wildman–Crippen LogP) is 1.51. The third-order valence-electron chi connectivity index (χ3n) is 2.90. The second-order valence-corrected chi connectivity index (χ2v) is 4.53. The van der Waals surface area contributed by atoms with Gasteiger partial charge in [-0.25, -0.2) is 0 Å². The molecule has 2 bridgehead atoms. The van der Waals surface area contributed by atoms with E-state index in [4.69, 9.17) is 4.74 Å². The van der Waals surface area contributed by atoms with Gasteiger partial charge in [0.05, 0.1) is 12.7 Å². The van der Waals surface area contributed by atoms with Crippen molar-refractivity contribution in [1.82, 2.24) is 4.90 Å². The molecule has 2 nitrogen and oxygen atoms in total. The quantitative estimate of drug-likeness (QED) is 0.621. The summed E-state index contributed by atoms with van der Waals surface area (Å²) in [4.78, 5) is 2.61. The molecule has 3 heterocycles. The second kappa shape index (κ2) is 3.35. The molecule has 3 aliphatic rings. The molecular formula is C10H19NO. The number of rotatable bonds is 2. The van der Waals surface area contributed by atoms with Crippen molar-refractivity contribution in [2.45, 2.75) is 38.8 Å². The molecule has 0 N–H and O–H groups in total. The van der Waals surface area contributed by atoms with E-state index in [1.807, 2.05) is 0 Å². The van der Waals surface area contributed by atoms with Gasteiger partial charge in [0, 0.05) is 19.1 Å². The second-order valence-electron chi connectivity index (χ2n) is 4.53. The molecule has 2 atom stereocenters. The van der Waals surface area contributed by atoms with Gasteiger partial charge in [0.1, 0.15) is 0 Å². The molecule has 70 valence electrons. The first-order chi connectivity index (χ1) is 5.75. The third-order valence-corrected chi connectivity index (χ3v) is 2.90. The molecular weight excluding hydrogens is 150 g/mol. The summed E-state index contributed by atoms with van der Waals surface area (Å²) in [6.45, 7) is 8.01. The zero-order valence-corrected chi connectivity index (χ0v) is 8.12. The lowest BCUT2D eigenvalue weighted by Crippen LogP contribution is -2.55. The fraction of sp³-hybridized carbons (Fsp3) is 1.00. The van der Waals surface area contributed by atoms with Crippen LogP contribution in [0.4, 0.5) is 0 Å². The number of nitrogens with zero attached hydrogens (tertiary/aromatic N) is 1. The Labute approximate surface area is 74.9 Å². The largest absolute Gasteiger partial charge is 0.375 e. The summed E-state index contributed by atoms with van der Waals surface area (Å²) in [5.74, 6) is 0.796. The van der Waals surface area contributed by atoms with E-state index in [0.717, 1.165) is 18.6 Å². The lowest BCUT2D eigenvalue weighted by atomic mass is 9.96. The number of fused-ring (bicyclic) bond motifs is 3. The Morgan fingerprint density at radius 2 is 2.25 bits per heavy atom. The summed E-state index contributed by atoms with van der Waals surface area (Å²) < 4.78 is 5.65. The van der Waals surface area contributed by atoms with Gasteiger partial charge in [0.25, 0.3) is 0 Å². The van der Waals surface area contributed by atoms with Crippen LogP contribution in [0.15, 0.2) is 0 Å². The van der Waals surface area contributed by atoms with E-state index in [9.17, 15) is 0 Å². The van der Waals surface area contributed by atoms with E-state index in [-0.39, 0.29) is 0 Å². The topological polar surface area (TPSA) is 12.5 Å². The van der Waals surface area contributed by atoms with Gasteiger partial charge >= 0.3 is 0 Å². The highest BCUT2D eigenvalue weighted by Crippen LogP contribution is 2.26. The highest BCUT2D eigenvalue weighted by atomic mass is 16.5. The fourth-order valence-corrected chi connectivity index (χ4v) is 2.33. The van der Waals surface area contributed by atoms with Crippen LogP contribution < -0.4 is 0 Å². The van der Waals surface area contributed by atoms with Crippen molar-refractivity contribution in [2.75, 3.05) is 19.7 Å². The molecule has 12 heavy (non-hydrogen) atoms. The van der Waals surface area contributed by atoms with Crippen LogP contribution in [-0.2, 0) is 4.74 Å². The number of hydrogen-bond acceptors (Lipinski definition) is 2. The van der Waals surface area contributed by atoms with E-state index < -0.39 is 0 Å². The average molecular weight is 169 g/mol. The first-order valence-corrected chi connectivity index (χ1v) is 5.11. The summed E-state index contributed by atoms with van der Waals surface area (Å²) in [5, 5.41) is 0. The normalized spacial score (nSPS) is 36.2. The van der Waals surface area contributed by atoms with E-state index in [2.05, 4.69) is 18.7 Å². The molecule has 3 rings (SSSR count). The van der Waals surface area contributed by atoms with E-state index >= 15 is 0 Å². The number of ether oxygens (including phenoxy) is 1. The summed E-state index contributed by atoms with van der Waals surface area (Å²) >= 11 is 0. The van der Waals surface area contributed by atoms with Gasteiger partial charge in [-0.15, -0.1) is 0 Å². The summed E-state index contributed by atoms with van der Waals surface area (Å²) in [5.41, 5.74) is 0. The lowest BCUT2D eigenvalue weighted by molar-refractivity contribution is -0.108. The minimum absolute atomic E-state index is 0.550. The number of piperidine rings is 1. The van der Waals surface area contributed by atoms with Gasteiger partial charge in [-0.2, -0.15) is 0 Å². The molecule has 3 saturated heterocycles. The Hall–Kier alpha value is -0.0800. The maximum atomic E-state index is 5.65. The molecule has 2 heteroatoms. The predicted molar refractivity (Wildman–Crippen MR) is 49.2 cm³/mol. The van der Waals surface area contributed by atoms with Crippen LogP contribution in [0.2, 0.25) is 0 Å². The average Bonchev–Trinajstić information content (AvgIpc) is 2.05. The zero-order valence-electron chi connectivity index (χ0n) is 8.12. The van der Waals surface area contributed by atoms with E-state index in [1.165, 1.54) is 25.9 Å². The smallest absolute Gasteiger partial charge is 0.0703 e. The monoisotopic (exact) mass is 169 g/mol. The molecule has 0 radical (unpaired) electrons. The minimum atomic E-state index is 0.550.